The third-order valence-corrected chi connectivity index (χ3v) is 8.17. The molecule has 0 bridgehead atoms. The van der Waals surface area contributed by atoms with E-state index in [0.29, 0.717) is 28.4 Å². The van der Waals surface area contributed by atoms with Gasteiger partial charge in [-0.1, -0.05) is 24.3 Å². The number of thioether (sulfide) groups is 1. The van der Waals surface area contributed by atoms with Crippen molar-refractivity contribution in [2.45, 2.75) is 88.0 Å². The van der Waals surface area contributed by atoms with Gasteiger partial charge in [-0.15, -0.1) is 11.8 Å². The molecule has 1 aliphatic carbocycles. The van der Waals surface area contributed by atoms with E-state index in [4.69, 9.17) is 23.7 Å². The quantitative estimate of drug-likeness (QED) is 0.232. The monoisotopic (exact) mass is 625 g/mol. The summed E-state index contributed by atoms with van der Waals surface area (Å²) in [6.45, 7) is 3.98. The highest BCUT2D eigenvalue weighted by Crippen LogP contribution is 2.43. The van der Waals surface area contributed by atoms with Crippen molar-refractivity contribution in [3.8, 4) is 6.07 Å². The van der Waals surface area contributed by atoms with Crippen LogP contribution in [0.3, 0.4) is 0 Å². The SMILES string of the molecule is CSc1cc([C@@]2(O)O[C@H](COC(C)=O)[C@@H](OC(C)=O)[C@H](OC(C)=O)[C@H]2OC(C)=O)cc(Cc2ccc(C3CC3)cc2)c1C#N. The lowest BCUT2D eigenvalue weighted by Crippen LogP contribution is -2.66. The van der Waals surface area contributed by atoms with Gasteiger partial charge in [0, 0.05) is 38.2 Å². The molecule has 1 N–H and O–H groups in total. The Morgan fingerprint density at radius 2 is 1.57 bits per heavy atom. The lowest BCUT2D eigenvalue weighted by atomic mass is 9.85. The zero-order valence-corrected chi connectivity index (χ0v) is 26.0. The second-order valence-corrected chi connectivity index (χ2v) is 11.7. The Balaban J connectivity index is 1.86. The van der Waals surface area contributed by atoms with Gasteiger partial charge in [-0.2, -0.15) is 5.26 Å². The molecule has 11 nitrogen and oxygen atoms in total. The van der Waals surface area contributed by atoms with Crippen molar-refractivity contribution in [1.82, 2.24) is 0 Å². The minimum Gasteiger partial charge on any atom is -0.463 e. The number of aliphatic hydroxyl groups is 1. The van der Waals surface area contributed by atoms with Crippen molar-refractivity contribution >= 4 is 35.6 Å². The van der Waals surface area contributed by atoms with Gasteiger partial charge in [0.25, 0.3) is 0 Å². The number of rotatable bonds is 10. The summed E-state index contributed by atoms with van der Waals surface area (Å²) >= 11 is 1.27. The number of esters is 4. The van der Waals surface area contributed by atoms with E-state index in [0.717, 1.165) is 33.3 Å². The molecule has 1 saturated heterocycles. The highest BCUT2D eigenvalue weighted by molar-refractivity contribution is 7.98. The standard InChI is InChI=1S/C32H35NO10S/c1-17(34)39-16-27-29(40-18(2)35)30(41-19(3)36)31(42-20(4)37)32(38,43-27)25-13-24(26(15-33)28(14-25)44-5)12-21-6-8-22(9-7-21)23-10-11-23/h6-9,13-14,23,27,29-31,38H,10-12,16H2,1-5H3/t27-,29-,30+,31-,32-/m1/s1. The van der Waals surface area contributed by atoms with Crippen molar-refractivity contribution in [2.24, 2.45) is 0 Å². The fourth-order valence-corrected chi connectivity index (χ4v) is 5.99. The predicted octanol–water partition coefficient (Wildman–Crippen LogP) is 3.65. The maximum Gasteiger partial charge on any atom is 0.303 e. The van der Waals surface area contributed by atoms with Crippen LogP contribution in [-0.4, -0.2) is 66.3 Å². The topological polar surface area (TPSA) is 158 Å². The first-order chi connectivity index (χ1) is 20.9. The molecule has 44 heavy (non-hydrogen) atoms. The molecule has 1 heterocycles. The Morgan fingerprint density at radius 1 is 0.955 bits per heavy atom. The maximum atomic E-state index is 12.3. The molecule has 0 radical (unpaired) electrons. The highest BCUT2D eigenvalue weighted by atomic mass is 32.2. The zero-order chi connectivity index (χ0) is 32.2. The molecule has 0 spiro atoms. The first-order valence-corrected chi connectivity index (χ1v) is 15.3. The van der Waals surface area contributed by atoms with E-state index in [-0.39, 0.29) is 5.56 Å². The summed E-state index contributed by atoms with van der Waals surface area (Å²) < 4.78 is 27.7. The Kier molecular flexibility index (Phi) is 10.3. The van der Waals surface area contributed by atoms with Crippen LogP contribution in [-0.2, 0) is 55.1 Å². The van der Waals surface area contributed by atoms with Crippen LogP contribution >= 0.6 is 11.8 Å². The lowest BCUT2D eigenvalue weighted by molar-refractivity contribution is -0.360. The number of hydrogen-bond acceptors (Lipinski definition) is 12. The first-order valence-electron chi connectivity index (χ1n) is 14.1. The molecule has 2 fully saturated rings. The number of carbonyl (C=O) groups is 4. The van der Waals surface area contributed by atoms with Gasteiger partial charge in [0.05, 0.1) is 5.56 Å². The van der Waals surface area contributed by atoms with Crippen molar-refractivity contribution in [3.63, 3.8) is 0 Å². The van der Waals surface area contributed by atoms with Crippen LogP contribution in [0.4, 0.5) is 0 Å². The number of nitrogens with zero attached hydrogens (tertiary/aromatic N) is 1. The molecular weight excluding hydrogens is 590 g/mol. The van der Waals surface area contributed by atoms with Gasteiger partial charge in [-0.05, 0) is 60.3 Å². The van der Waals surface area contributed by atoms with E-state index in [1.165, 1.54) is 36.2 Å². The lowest BCUT2D eigenvalue weighted by Gasteiger charge is -2.48. The summed E-state index contributed by atoms with van der Waals surface area (Å²) in [5.41, 5.74) is 3.24. The highest BCUT2D eigenvalue weighted by Gasteiger charge is 2.60. The molecule has 12 heteroatoms. The average Bonchev–Trinajstić information content (AvgIpc) is 3.80. The number of carbonyl (C=O) groups excluding carboxylic acids is 4. The normalized spacial score (nSPS) is 24.5. The Labute approximate surface area is 259 Å². The van der Waals surface area contributed by atoms with Crippen LogP contribution in [0.1, 0.15) is 74.3 Å². The minimum atomic E-state index is -2.50. The largest absolute Gasteiger partial charge is 0.463 e. The van der Waals surface area contributed by atoms with Gasteiger partial charge >= 0.3 is 23.9 Å². The molecule has 0 amide bonds. The third-order valence-electron chi connectivity index (χ3n) is 7.41. The van der Waals surface area contributed by atoms with Crippen LogP contribution in [0.25, 0.3) is 0 Å². The Bertz CT molecular complexity index is 1460. The van der Waals surface area contributed by atoms with Gasteiger partial charge in [0.1, 0.15) is 18.8 Å². The Morgan fingerprint density at radius 3 is 2.09 bits per heavy atom. The van der Waals surface area contributed by atoms with E-state index in [2.05, 4.69) is 18.2 Å². The number of benzene rings is 2. The van der Waals surface area contributed by atoms with E-state index >= 15 is 0 Å². The molecule has 1 aliphatic heterocycles. The molecule has 0 aromatic heterocycles. The fourth-order valence-electron chi connectivity index (χ4n) is 5.36. The van der Waals surface area contributed by atoms with Crippen molar-refractivity contribution in [2.75, 3.05) is 12.9 Å². The summed E-state index contributed by atoms with van der Waals surface area (Å²) in [5.74, 6) is -5.04. The molecule has 2 aromatic carbocycles. The smallest absolute Gasteiger partial charge is 0.303 e. The van der Waals surface area contributed by atoms with Crippen molar-refractivity contribution in [1.29, 1.82) is 5.26 Å². The maximum absolute atomic E-state index is 12.3. The molecule has 2 aromatic rings. The van der Waals surface area contributed by atoms with Gasteiger partial charge < -0.3 is 28.8 Å². The van der Waals surface area contributed by atoms with E-state index < -0.39 is 60.7 Å². The number of hydrogen-bond donors (Lipinski definition) is 1. The summed E-state index contributed by atoms with van der Waals surface area (Å²) in [6, 6.07) is 13.5. The summed E-state index contributed by atoms with van der Waals surface area (Å²) in [5, 5.41) is 22.4. The first kappa shape index (κ1) is 33.0. The molecule has 0 unspecified atom stereocenters. The van der Waals surface area contributed by atoms with Gasteiger partial charge in [0.15, 0.2) is 12.2 Å². The van der Waals surface area contributed by atoms with Crippen LogP contribution in [0, 0.1) is 11.3 Å². The van der Waals surface area contributed by atoms with Crippen molar-refractivity contribution in [3.05, 3.63) is 64.2 Å². The summed E-state index contributed by atoms with van der Waals surface area (Å²) in [7, 11) is 0. The average molecular weight is 626 g/mol. The predicted molar refractivity (Wildman–Crippen MR) is 156 cm³/mol. The number of ether oxygens (including phenoxy) is 5. The molecule has 234 valence electrons. The number of nitriles is 1. The van der Waals surface area contributed by atoms with Gasteiger partial charge in [0.2, 0.25) is 11.9 Å². The Hall–Kier alpha value is -3.92. The van der Waals surface area contributed by atoms with Crippen LogP contribution in [0.2, 0.25) is 0 Å². The van der Waals surface area contributed by atoms with Crippen LogP contribution in [0.5, 0.6) is 0 Å². The summed E-state index contributed by atoms with van der Waals surface area (Å²) in [6.07, 6.45) is -1.62. The molecular formula is C32H35NO10S. The fraction of sp³-hybridized carbons (Fsp3) is 0.469. The summed E-state index contributed by atoms with van der Waals surface area (Å²) in [4.78, 5) is 48.9. The van der Waals surface area contributed by atoms with Gasteiger partial charge in [-0.3, -0.25) is 19.2 Å². The second-order valence-electron chi connectivity index (χ2n) is 10.9. The van der Waals surface area contributed by atoms with E-state index in [9.17, 15) is 29.5 Å². The van der Waals surface area contributed by atoms with Crippen LogP contribution in [0.15, 0.2) is 41.3 Å². The molecule has 2 aliphatic rings. The molecule has 5 atom stereocenters. The second kappa shape index (κ2) is 13.8. The molecule has 1 saturated carbocycles. The zero-order valence-electron chi connectivity index (χ0n) is 25.2. The van der Waals surface area contributed by atoms with E-state index in [1.807, 2.05) is 12.1 Å². The van der Waals surface area contributed by atoms with Crippen molar-refractivity contribution < 1.29 is 48.0 Å². The minimum absolute atomic E-state index is 0.0861. The van der Waals surface area contributed by atoms with E-state index in [1.54, 1.807) is 12.3 Å². The third kappa shape index (κ3) is 7.59. The van der Waals surface area contributed by atoms with Crippen LogP contribution < -0.4 is 0 Å². The van der Waals surface area contributed by atoms with Gasteiger partial charge in [-0.25, -0.2) is 0 Å². The molecule has 4 rings (SSSR count).